The molecule has 150 valence electrons. The van der Waals surface area contributed by atoms with Gasteiger partial charge in [-0.25, -0.2) is 4.39 Å². The van der Waals surface area contributed by atoms with Gasteiger partial charge in [0.25, 0.3) is 0 Å². The molecule has 0 saturated carbocycles. The predicted molar refractivity (Wildman–Crippen MR) is 104 cm³/mol. The van der Waals surface area contributed by atoms with E-state index in [9.17, 15) is 14.0 Å². The van der Waals surface area contributed by atoms with E-state index < -0.39 is 6.04 Å². The first kappa shape index (κ1) is 21.3. The molecule has 6 nitrogen and oxygen atoms in total. The number of hydrogen-bond donors (Lipinski definition) is 2. The van der Waals surface area contributed by atoms with E-state index in [1.165, 1.54) is 12.1 Å². The molecule has 1 aromatic carbocycles. The molecule has 2 rings (SSSR count). The van der Waals surface area contributed by atoms with Crippen molar-refractivity contribution in [1.29, 1.82) is 0 Å². The second kappa shape index (κ2) is 9.28. The smallest absolute Gasteiger partial charge is 0.237 e. The van der Waals surface area contributed by atoms with Crippen molar-refractivity contribution in [3.8, 4) is 0 Å². The highest BCUT2D eigenvalue weighted by atomic mass is 19.1. The van der Waals surface area contributed by atoms with Gasteiger partial charge in [0.2, 0.25) is 11.8 Å². The average Bonchev–Trinajstić information content (AvgIpc) is 2.57. The largest absolute Gasteiger partial charge is 0.355 e. The quantitative estimate of drug-likeness (QED) is 0.714. The average molecular weight is 378 g/mol. The lowest BCUT2D eigenvalue weighted by Gasteiger charge is -2.35. The molecule has 1 atom stereocenters. The topological polar surface area (TPSA) is 64.7 Å². The molecule has 0 bridgehead atoms. The van der Waals surface area contributed by atoms with Gasteiger partial charge in [0.05, 0.1) is 12.5 Å². The molecule has 0 spiro atoms. The minimum atomic E-state index is -0.513. The summed E-state index contributed by atoms with van der Waals surface area (Å²) >= 11 is 0. The van der Waals surface area contributed by atoms with E-state index in [0.717, 1.165) is 12.1 Å². The minimum Gasteiger partial charge on any atom is -0.355 e. The lowest BCUT2D eigenvalue weighted by molar-refractivity contribution is -0.134. The maximum atomic E-state index is 13.1. The summed E-state index contributed by atoms with van der Waals surface area (Å²) in [4.78, 5) is 28.9. The zero-order chi connectivity index (χ0) is 20.0. The summed E-state index contributed by atoms with van der Waals surface area (Å²) in [5.74, 6) is -0.551. The van der Waals surface area contributed by atoms with Crippen LogP contribution in [0.25, 0.3) is 0 Å². The van der Waals surface area contributed by atoms with Crippen molar-refractivity contribution in [3.63, 3.8) is 0 Å². The Morgan fingerprint density at radius 2 is 2.00 bits per heavy atom. The SMILES string of the molecule is CN(C)CC(C)(C)CNC(=O)CC1C(=O)NCCN1Cc1ccc(F)cc1. The summed E-state index contributed by atoms with van der Waals surface area (Å²) in [5, 5.41) is 5.80. The molecule has 7 heteroatoms. The van der Waals surface area contributed by atoms with Crippen LogP contribution in [0.3, 0.4) is 0 Å². The van der Waals surface area contributed by atoms with Gasteiger partial charge in [-0.05, 0) is 37.2 Å². The third kappa shape index (κ3) is 6.92. The van der Waals surface area contributed by atoms with E-state index in [1.807, 2.05) is 19.0 Å². The molecule has 2 N–H and O–H groups in total. The van der Waals surface area contributed by atoms with Crippen molar-refractivity contribution in [3.05, 3.63) is 35.6 Å². The molecule has 27 heavy (non-hydrogen) atoms. The zero-order valence-corrected chi connectivity index (χ0v) is 16.7. The first-order valence-electron chi connectivity index (χ1n) is 9.34. The summed E-state index contributed by atoms with van der Waals surface area (Å²) in [6, 6.07) is 5.73. The number of halogens is 1. The lowest BCUT2D eigenvalue weighted by Crippen LogP contribution is -2.56. The predicted octanol–water partition coefficient (Wildman–Crippen LogP) is 1.22. The second-order valence-electron chi connectivity index (χ2n) is 8.29. The van der Waals surface area contributed by atoms with Gasteiger partial charge in [-0.2, -0.15) is 0 Å². The summed E-state index contributed by atoms with van der Waals surface area (Å²) in [6.07, 6.45) is 0.116. The van der Waals surface area contributed by atoms with Gasteiger partial charge >= 0.3 is 0 Å². The summed E-state index contributed by atoms with van der Waals surface area (Å²) in [6.45, 7) is 7.33. The highest BCUT2D eigenvalue weighted by molar-refractivity contribution is 5.88. The Morgan fingerprint density at radius 3 is 2.63 bits per heavy atom. The Bertz CT molecular complexity index is 646. The van der Waals surface area contributed by atoms with Crippen LogP contribution in [0.5, 0.6) is 0 Å². The molecule has 1 aliphatic rings. The van der Waals surface area contributed by atoms with Crippen molar-refractivity contribution in [2.45, 2.75) is 32.9 Å². The van der Waals surface area contributed by atoms with E-state index in [4.69, 9.17) is 0 Å². The van der Waals surface area contributed by atoms with Crippen LogP contribution in [0.4, 0.5) is 4.39 Å². The highest BCUT2D eigenvalue weighted by Gasteiger charge is 2.32. The van der Waals surface area contributed by atoms with Gasteiger partial charge in [-0.15, -0.1) is 0 Å². The Kier molecular flexibility index (Phi) is 7.33. The van der Waals surface area contributed by atoms with E-state index in [0.29, 0.717) is 26.2 Å². The van der Waals surface area contributed by atoms with E-state index >= 15 is 0 Å². The van der Waals surface area contributed by atoms with Crippen LogP contribution in [0.1, 0.15) is 25.8 Å². The number of benzene rings is 1. The maximum Gasteiger partial charge on any atom is 0.237 e. The van der Waals surface area contributed by atoms with Crippen LogP contribution in [-0.4, -0.2) is 67.9 Å². The Morgan fingerprint density at radius 1 is 1.33 bits per heavy atom. The van der Waals surface area contributed by atoms with Gasteiger partial charge in [-0.3, -0.25) is 14.5 Å². The van der Waals surface area contributed by atoms with Crippen molar-refractivity contribution < 1.29 is 14.0 Å². The summed E-state index contributed by atoms with van der Waals surface area (Å²) in [7, 11) is 4.01. The first-order chi connectivity index (χ1) is 12.7. The van der Waals surface area contributed by atoms with Crippen LogP contribution in [0, 0.1) is 11.2 Å². The van der Waals surface area contributed by atoms with Crippen LogP contribution in [0.15, 0.2) is 24.3 Å². The van der Waals surface area contributed by atoms with Crippen LogP contribution < -0.4 is 10.6 Å². The number of nitrogens with one attached hydrogen (secondary N) is 2. The second-order valence-corrected chi connectivity index (χ2v) is 8.29. The van der Waals surface area contributed by atoms with Crippen molar-refractivity contribution in [2.75, 3.05) is 40.3 Å². The summed E-state index contributed by atoms with van der Waals surface area (Å²) < 4.78 is 13.1. The molecule has 1 unspecified atom stereocenters. The molecule has 2 amide bonds. The Labute approximate surface area is 161 Å². The van der Waals surface area contributed by atoms with Gasteiger partial charge in [0.15, 0.2) is 0 Å². The standard InChI is InChI=1S/C20H31FN4O2/c1-20(2,14-24(3)4)13-23-18(26)11-17-19(27)22-9-10-25(17)12-15-5-7-16(21)8-6-15/h5-8,17H,9-14H2,1-4H3,(H,22,27)(H,23,26). The third-order valence-electron chi connectivity index (χ3n) is 4.63. The third-order valence-corrected chi connectivity index (χ3v) is 4.63. The highest BCUT2D eigenvalue weighted by Crippen LogP contribution is 2.16. The Hall–Kier alpha value is -1.99. The van der Waals surface area contributed by atoms with Gasteiger partial charge < -0.3 is 15.5 Å². The van der Waals surface area contributed by atoms with Crippen molar-refractivity contribution >= 4 is 11.8 Å². The molecular formula is C20H31FN4O2. The monoisotopic (exact) mass is 378 g/mol. The fourth-order valence-electron chi connectivity index (χ4n) is 3.50. The molecule has 1 heterocycles. The number of nitrogens with zero attached hydrogens (tertiary/aromatic N) is 2. The molecule has 1 aliphatic heterocycles. The molecule has 1 fully saturated rings. The number of carbonyl (C=O) groups excluding carboxylic acids is 2. The van der Waals surface area contributed by atoms with E-state index in [1.54, 1.807) is 12.1 Å². The van der Waals surface area contributed by atoms with E-state index in [-0.39, 0.29) is 29.5 Å². The number of carbonyl (C=O) groups is 2. The molecule has 0 aliphatic carbocycles. The Balaban J connectivity index is 1.94. The molecule has 0 aromatic heterocycles. The van der Waals surface area contributed by atoms with E-state index in [2.05, 4.69) is 29.4 Å². The van der Waals surface area contributed by atoms with Crippen LogP contribution in [0.2, 0.25) is 0 Å². The van der Waals surface area contributed by atoms with Gasteiger partial charge in [0.1, 0.15) is 5.82 Å². The number of piperazine rings is 1. The normalized spacial score (nSPS) is 18.4. The molecule has 1 aromatic rings. The fourth-order valence-corrected chi connectivity index (χ4v) is 3.50. The molecule has 0 radical (unpaired) electrons. The molecular weight excluding hydrogens is 347 g/mol. The van der Waals surface area contributed by atoms with Gasteiger partial charge in [-0.1, -0.05) is 26.0 Å². The van der Waals surface area contributed by atoms with Crippen molar-refractivity contribution in [1.82, 2.24) is 20.4 Å². The zero-order valence-electron chi connectivity index (χ0n) is 16.7. The maximum absolute atomic E-state index is 13.1. The van der Waals surface area contributed by atoms with Gasteiger partial charge in [0, 0.05) is 32.7 Å². The summed E-state index contributed by atoms with van der Waals surface area (Å²) in [5.41, 5.74) is 0.866. The lowest BCUT2D eigenvalue weighted by atomic mass is 9.93. The fraction of sp³-hybridized carbons (Fsp3) is 0.600. The number of amides is 2. The van der Waals surface area contributed by atoms with Crippen molar-refractivity contribution in [2.24, 2.45) is 5.41 Å². The minimum absolute atomic E-state index is 0.0538. The number of hydrogen-bond acceptors (Lipinski definition) is 4. The molecule has 1 saturated heterocycles. The first-order valence-corrected chi connectivity index (χ1v) is 9.34. The van der Waals surface area contributed by atoms with Crippen LogP contribution >= 0.6 is 0 Å². The van der Waals surface area contributed by atoms with Crippen LogP contribution in [-0.2, 0) is 16.1 Å². The number of rotatable bonds is 8.